The van der Waals surface area contributed by atoms with E-state index in [4.69, 9.17) is 5.73 Å². The third-order valence-electron chi connectivity index (χ3n) is 3.72. The predicted molar refractivity (Wildman–Crippen MR) is 85.2 cm³/mol. The first-order valence-corrected chi connectivity index (χ1v) is 6.86. The van der Waals surface area contributed by atoms with Crippen LogP contribution in [0, 0.1) is 5.92 Å². The zero-order valence-corrected chi connectivity index (χ0v) is 13.9. The number of nitrogens with two attached hydrogens (primary N) is 1. The maximum absolute atomic E-state index is 12.0. The molecule has 0 saturated heterocycles. The van der Waals surface area contributed by atoms with Gasteiger partial charge in [0.1, 0.15) is 0 Å². The minimum absolute atomic E-state index is 0. The van der Waals surface area contributed by atoms with Crippen LogP contribution in [0.5, 0.6) is 0 Å². The van der Waals surface area contributed by atoms with Crippen LogP contribution in [0.2, 0.25) is 0 Å². The molecule has 3 N–H and O–H groups in total. The molecule has 0 spiro atoms. The third-order valence-corrected chi connectivity index (χ3v) is 3.72. The number of carbonyl (C=O) groups excluding carboxylic acids is 1. The average Bonchev–Trinajstić information content (AvgIpc) is 2.72. The Morgan fingerprint density at radius 1 is 1.32 bits per heavy atom. The maximum atomic E-state index is 12.0. The molecule has 0 aromatic carbocycles. The van der Waals surface area contributed by atoms with Crippen molar-refractivity contribution in [3.8, 4) is 0 Å². The molecule has 3 atom stereocenters. The van der Waals surface area contributed by atoms with Crippen molar-refractivity contribution in [3.63, 3.8) is 0 Å². The molecule has 1 amide bonds. The number of nitrogens with one attached hydrogen (secondary N) is 1. The molecule has 0 radical (unpaired) electrons. The van der Waals surface area contributed by atoms with E-state index >= 15 is 0 Å². The summed E-state index contributed by atoms with van der Waals surface area (Å²) in [5, 5.41) is 3.09. The standard InChI is InChI=1S/C13H27N3O.2ClH/c1-4-16(5-2)9-10(3)15-13(17)11-7-6-8-12(11)14;;/h10-12H,4-9,14H2,1-3H3,(H,15,17);2*1H. The molecule has 0 bridgehead atoms. The Morgan fingerprint density at radius 2 is 1.89 bits per heavy atom. The van der Waals surface area contributed by atoms with E-state index in [9.17, 15) is 4.79 Å². The maximum Gasteiger partial charge on any atom is 0.224 e. The lowest BCUT2D eigenvalue weighted by molar-refractivity contribution is -0.125. The van der Waals surface area contributed by atoms with Gasteiger partial charge < -0.3 is 16.0 Å². The van der Waals surface area contributed by atoms with Crippen LogP contribution in [-0.4, -0.2) is 42.5 Å². The Kier molecular flexibility index (Phi) is 12.0. The van der Waals surface area contributed by atoms with Gasteiger partial charge in [-0.3, -0.25) is 4.79 Å². The normalized spacial score (nSPS) is 23.4. The van der Waals surface area contributed by atoms with Crippen LogP contribution in [0.3, 0.4) is 0 Å². The zero-order chi connectivity index (χ0) is 12.8. The third kappa shape index (κ3) is 6.80. The number of amides is 1. The van der Waals surface area contributed by atoms with Crippen LogP contribution in [-0.2, 0) is 4.79 Å². The molecular formula is C13H29Cl2N3O. The highest BCUT2D eigenvalue weighted by molar-refractivity contribution is 5.85. The fourth-order valence-electron chi connectivity index (χ4n) is 2.58. The van der Waals surface area contributed by atoms with E-state index in [-0.39, 0.29) is 48.7 Å². The fourth-order valence-corrected chi connectivity index (χ4v) is 2.58. The van der Waals surface area contributed by atoms with Crippen LogP contribution in [0.1, 0.15) is 40.0 Å². The Labute approximate surface area is 129 Å². The van der Waals surface area contributed by atoms with Crippen molar-refractivity contribution in [2.75, 3.05) is 19.6 Å². The van der Waals surface area contributed by atoms with Crippen molar-refractivity contribution in [3.05, 3.63) is 0 Å². The minimum Gasteiger partial charge on any atom is -0.352 e. The molecule has 116 valence electrons. The molecule has 1 fully saturated rings. The lowest BCUT2D eigenvalue weighted by Gasteiger charge is -2.25. The first kappa shape index (κ1) is 21.3. The number of likely N-dealkylation sites (N-methyl/N-ethyl adjacent to an activating group) is 1. The highest BCUT2D eigenvalue weighted by Crippen LogP contribution is 2.24. The molecule has 4 nitrogen and oxygen atoms in total. The molecule has 19 heavy (non-hydrogen) atoms. The van der Waals surface area contributed by atoms with Gasteiger partial charge in [-0.25, -0.2) is 0 Å². The summed E-state index contributed by atoms with van der Waals surface area (Å²) in [6.07, 6.45) is 3.02. The van der Waals surface area contributed by atoms with Crippen LogP contribution in [0.15, 0.2) is 0 Å². The second-order valence-corrected chi connectivity index (χ2v) is 5.10. The van der Waals surface area contributed by atoms with E-state index in [1.807, 2.05) is 0 Å². The van der Waals surface area contributed by atoms with Gasteiger partial charge in [0, 0.05) is 18.6 Å². The molecule has 0 aliphatic heterocycles. The Bertz CT molecular complexity index is 250. The lowest BCUT2D eigenvalue weighted by atomic mass is 10.0. The van der Waals surface area contributed by atoms with E-state index < -0.39 is 0 Å². The van der Waals surface area contributed by atoms with E-state index in [1.165, 1.54) is 0 Å². The molecule has 1 aliphatic carbocycles. The second-order valence-electron chi connectivity index (χ2n) is 5.10. The quantitative estimate of drug-likeness (QED) is 0.786. The Morgan fingerprint density at radius 3 is 2.32 bits per heavy atom. The summed E-state index contributed by atoms with van der Waals surface area (Å²) in [4.78, 5) is 14.3. The van der Waals surface area contributed by atoms with Gasteiger partial charge >= 0.3 is 0 Å². The highest BCUT2D eigenvalue weighted by atomic mass is 35.5. The molecule has 1 rings (SSSR count). The van der Waals surface area contributed by atoms with E-state index in [0.717, 1.165) is 38.9 Å². The van der Waals surface area contributed by atoms with Crippen LogP contribution in [0.4, 0.5) is 0 Å². The van der Waals surface area contributed by atoms with Crippen molar-refractivity contribution in [1.29, 1.82) is 0 Å². The van der Waals surface area contributed by atoms with Crippen LogP contribution >= 0.6 is 24.8 Å². The average molecular weight is 314 g/mol. The van der Waals surface area contributed by atoms with Gasteiger partial charge in [0.15, 0.2) is 0 Å². The number of nitrogens with zero attached hydrogens (tertiary/aromatic N) is 1. The summed E-state index contributed by atoms with van der Waals surface area (Å²) >= 11 is 0. The van der Waals surface area contributed by atoms with Crippen molar-refractivity contribution >= 4 is 30.7 Å². The monoisotopic (exact) mass is 313 g/mol. The van der Waals surface area contributed by atoms with Crippen LogP contribution < -0.4 is 11.1 Å². The molecule has 1 saturated carbocycles. The summed E-state index contributed by atoms with van der Waals surface area (Å²) in [7, 11) is 0. The number of hydrogen-bond donors (Lipinski definition) is 2. The molecule has 0 aromatic rings. The molecule has 0 aromatic heterocycles. The van der Waals surface area contributed by atoms with Gasteiger partial charge in [0.25, 0.3) is 0 Å². The fraction of sp³-hybridized carbons (Fsp3) is 0.923. The minimum atomic E-state index is 0. The molecular weight excluding hydrogens is 285 g/mol. The van der Waals surface area contributed by atoms with Gasteiger partial charge in [-0.1, -0.05) is 20.3 Å². The number of rotatable bonds is 6. The highest BCUT2D eigenvalue weighted by Gasteiger charge is 2.30. The summed E-state index contributed by atoms with van der Waals surface area (Å²) in [6.45, 7) is 9.33. The topological polar surface area (TPSA) is 58.4 Å². The molecule has 0 heterocycles. The summed E-state index contributed by atoms with van der Waals surface area (Å²) in [5.41, 5.74) is 5.94. The van der Waals surface area contributed by atoms with Crippen LogP contribution in [0.25, 0.3) is 0 Å². The first-order valence-electron chi connectivity index (χ1n) is 6.86. The number of halogens is 2. The molecule has 1 aliphatic rings. The van der Waals surface area contributed by atoms with Gasteiger partial charge in [-0.2, -0.15) is 0 Å². The smallest absolute Gasteiger partial charge is 0.224 e. The second kappa shape index (κ2) is 10.7. The lowest BCUT2D eigenvalue weighted by Crippen LogP contribution is -2.46. The summed E-state index contributed by atoms with van der Waals surface area (Å²) in [6, 6.07) is 0.269. The largest absolute Gasteiger partial charge is 0.352 e. The van der Waals surface area contributed by atoms with Crippen molar-refractivity contribution < 1.29 is 4.79 Å². The van der Waals surface area contributed by atoms with Crippen molar-refractivity contribution in [2.24, 2.45) is 11.7 Å². The molecule has 3 unspecified atom stereocenters. The predicted octanol–water partition coefficient (Wildman–Crippen LogP) is 1.80. The summed E-state index contributed by atoms with van der Waals surface area (Å²) in [5.74, 6) is 0.184. The molecule has 6 heteroatoms. The SMILES string of the molecule is CCN(CC)CC(C)NC(=O)C1CCCC1N.Cl.Cl. The van der Waals surface area contributed by atoms with E-state index in [1.54, 1.807) is 0 Å². The number of carbonyl (C=O) groups is 1. The zero-order valence-electron chi connectivity index (χ0n) is 12.2. The van der Waals surface area contributed by atoms with Gasteiger partial charge in [-0.05, 0) is 32.9 Å². The van der Waals surface area contributed by atoms with Gasteiger partial charge in [-0.15, -0.1) is 24.8 Å². The van der Waals surface area contributed by atoms with E-state index in [2.05, 4.69) is 31.0 Å². The Hall–Kier alpha value is -0.0300. The first-order chi connectivity index (χ1) is 8.08. The van der Waals surface area contributed by atoms with Gasteiger partial charge in [0.2, 0.25) is 5.91 Å². The van der Waals surface area contributed by atoms with Gasteiger partial charge in [0.05, 0.1) is 5.92 Å². The van der Waals surface area contributed by atoms with Crippen molar-refractivity contribution in [1.82, 2.24) is 10.2 Å². The Balaban J connectivity index is 0. The van der Waals surface area contributed by atoms with E-state index in [0.29, 0.717) is 0 Å². The summed E-state index contributed by atoms with van der Waals surface area (Å²) < 4.78 is 0. The number of hydrogen-bond acceptors (Lipinski definition) is 3. The van der Waals surface area contributed by atoms with Crippen molar-refractivity contribution in [2.45, 2.75) is 52.1 Å².